The molecule has 0 unspecified atom stereocenters. The molecule has 0 atom stereocenters. The summed E-state index contributed by atoms with van der Waals surface area (Å²) in [5, 5.41) is 2.68. The average Bonchev–Trinajstić information content (AvgIpc) is 3.66. The number of imidazole rings is 2. The lowest BCUT2D eigenvalue weighted by Gasteiger charge is -2.31. The number of carbonyl (C=O) groups is 1. The second-order valence-corrected chi connectivity index (χ2v) is 12.7. The smallest absolute Gasteiger partial charge is 0.280 e. The van der Waals surface area contributed by atoms with Crippen molar-refractivity contribution in [3.05, 3.63) is 84.1 Å². The Bertz CT molecular complexity index is 1990. The topological polar surface area (TPSA) is 220 Å². The molecule has 6 rings (SSSR count). The Kier molecular flexibility index (Phi) is 20.0. The molecule has 0 radical (unpaired) electrons. The quantitative estimate of drug-likeness (QED) is 0.148. The summed E-state index contributed by atoms with van der Waals surface area (Å²) in [6, 6.07) is 3.04. The van der Waals surface area contributed by atoms with Gasteiger partial charge < -0.3 is 41.5 Å². The van der Waals surface area contributed by atoms with Gasteiger partial charge in [-0.2, -0.15) is 4.98 Å². The van der Waals surface area contributed by atoms with Crippen molar-refractivity contribution in [1.29, 1.82) is 0 Å². The van der Waals surface area contributed by atoms with E-state index in [1.807, 2.05) is 54.5 Å². The Hall–Kier alpha value is -5.93. The number of rotatable bonds is 4. The lowest BCUT2D eigenvalue weighted by molar-refractivity contribution is -0.117. The van der Waals surface area contributed by atoms with E-state index < -0.39 is 0 Å². The summed E-state index contributed by atoms with van der Waals surface area (Å²) in [6.07, 6.45) is 10.6. The van der Waals surface area contributed by atoms with Crippen LogP contribution >= 0.6 is 0 Å². The van der Waals surface area contributed by atoms with E-state index in [1.165, 1.54) is 0 Å². The molecule has 2 aliphatic rings. The number of nitrogens with zero attached hydrogens (tertiary/aromatic N) is 9. The summed E-state index contributed by atoms with van der Waals surface area (Å²) in [6.45, 7) is 25.7. The van der Waals surface area contributed by atoms with Gasteiger partial charge in [-0.05, 0) is 74.5 Å². The molecule has 0 fully saturated rings. The SMILES string of the molecule is C.C.C.C.C=C1N=C(N)C=CN1C(C)C.C=C1NC(=O)C(C)=CN1C(C)C.CC(C)n1cnc2c(=O)[nH]c(N)nc21.CC(C)n1cnc2c(N)ccnc21. The van der Waals surface area contributed by atoms with E-state index in [4.69, 9.17) is 17.2 Å². The number of aliphatic imine (C=N–C) groups is 1. The number of fused-ring (bicyclic) bond motifs is 2. The van der Waals surface area contributed by atoms with Crippen LogP contribution in [0, 0.1) is 0 Å². The van der Waals surface area contributed by atoms with Crippen LogP contribution in [0.4, 0.5) is 11.6 Å². The van der Waals surface area contributed by atoms with Crippen molar-refractivity contribution in [1.82, 2.24) is 49.2 Å². The van der Waals surface area contributed by atoms with Crippen molar-refractivity contribution >= 4 is 45.7 Å². The molecule has 0 spiro atoms. The summed E-state index contributed by atoms with van der Waals surface area (Å²) >= 11 is 0. The van der Waals surface area contributed by atoms with E-state index in [1.54, 1.807) is 42.5 Å². The van der Waals surface area contributed by atoms with E-state index in [2.05, 4.69) is 76.1 Å². The van der Waals surface area contributed by atoms with Gasteiger partial charge in [0, 0.05) is 48.3 Å². The zero-order valence-corrected chi connectivity index (χ0v) is 30.3. The molecule has 16 nitrogen and oxygen atoms in total. The van der Waals surface area contributed by atoms with Gasteiger partial charge in [0.05, 0.1) is 18.3 Å². The van der Waals surface area contributed by atoms with Crippen molar-refractivity contribution in [2.75, 3.05) is 11.5 Å². The van der Waals surface area contributed by atoms with Gasteiger partial charge in [0.2, 0.25) is 5.95 Å². The first-order valence-corrected chi connectivity index (χ1v) is 16.2. The molecule has 2 aliphatic heterocycles. The second kappa shape index (κ2) is 21.6. The lowest BCUT2D eigenvalue weighted by Crippen LogP contribution is -2.40. The van der Waals surface area contributed by atoms with Crippen LogP contribution in [0.1, 0.15) is 104 Å². The number of pyridine rings is 1. The van der Waals surface area contributed by atoms with Crippen LogP contribution in [0.15, 0.2) is 83.6 Å². The number of nitrogens with two attached hydrogens (primary N) is 3. The fraction of sp³-hybridized carbons (Fsp3) is 0.447. The molecular weight excluding hydrogens is 685 g/mol. The molecule has 0 aromatic carbocycles. The van der Waals surface area contributed by atoms with E-state index in [9.17, 15) is 9.59 Å². The average molecular weight is 751 g/mol. The minimum absolute atomic E-state index is 0. The minimum Gasteiger partial charge on any atom is -0.397 e. The Balaban J connectivity index is 0. The van der Waals surface area contributed by atoms with Crippen molar-refractivity contribution in [2.45, 2.75) is 116 Å². The molecule has 16 heteroatoms. The van der Waals surface area contributed by atoms with Crippen LogP contribution in [0.5, 0.6) is 0 Å². The van der Waals surface area contributed by atoms with Gasteiger partial charge in [0.25, 0.3) is 11.5 Å². The third-order valence-corrected chi connectivity index (χ3v) is 7.39. The molecule has 6 heterocycles. The van der Waals surface area contributed by atoms with Gasteiger partial charge in [-0.1, -0.05) is 42.9 Å². The molecule has 1 amide bonds. The van der Waals surface area contributed by atoms with E-state index in [0.29, 0.717) is 52.5 Å². The summed E-state index contributed by atoms with van der Waals surface area (Å²) in [7, 11) is 0. The van der Waals surface area contributed by atoms with Gasteiger partial charge in [-0.15, -0.1) is 0 Å². The first kappa shape index (κ1) is 50.2. The zero-order valence-electron chi connectivity index (χ0n) is 30.3. The highest BCUT2D eigenvalue weighted by Gasteiger charge is 2.19. The second-order valence-electron chi connectivity index (χ2n) is 12.7. The number of amides is 1. The molecule has 0 bridgehead atoms. The van der Waals surface area contributed by atoms with Crippen LogP contribution in [0.2, 0.25) is 0 Å². The Labute approximate surface area is 321 Å². The molecule has 0 saturated heterocycles. The van der Waals surface area contributed by atoms with Crippen LogP contribution in [0.25, 0.3) is 22.3 Å². The van der Waals surface area contributed by atoms with Crippen LogP contribution in [0.3, 0.4) is 0 Å². The summed E-state index contributed by atoms with van der Waals surface area (Å²) in [4.78, 5) is 49.3. The molecule has 54 heavy (non-hydrogen) atoms. The fourth-order valence-corrected chi connectivity index (χ4v) is 4.71. The van der Waals surface area contributed by atoms with Crippen LogP contribution in [-0.4, -0.2) is 67.7 Å². The van der Waals surface area contributed by atoms with Gasteiger partial charge in [-0.25, -0.2) is 19.9 Å². The number of hydrogen-bond donors (Lipinski definition) is 5. The molecule has 8 N–H and O–H groups in total. The van der Waals surface area contributed by atoms with E-state index >= 15 is 0 Å². The number of anilines is 2. The van der Waals surface area contributed by atoms with Crippen LogP contribution in [-0.2, 0) is 4.79 Å². The molecule has 4 aromatic heterocycles. The van der Waals surface area contributed by atoms with Gasteiger partial charge in [-0.3, -0.25) is 14.6 Å². The summed E-state index contributed by atoms with van der Waals surface area (Å²) < 4.78 is 3.81. The normalized spacial score (nSPS) is 13.2. The number of nitrogens with one attached hydrogen (secondary N) is 2. The van der Waals surface area contributed by atoms with Crippen molar-refractivity contribution < 1.29 is 4.79 Å². The minimum atomic E-state index is -0.299. The maximum absolute atomic E-state index is 11.4. The highest BCUT2D eigenvalue weighted by molar-refractivity contribution is 5.94. The molecule has 300 valence electrons. The van der Waals surface area contributed by atoms with Crippen molar-refractivity contribution in [3.63, 3.8) is 0 Å². The van der Waals surface area contributed by atoms with Gasteiger partial charge in [0.1, 0.15) is 23.0 Å². The van der Waals surface area contributed by atoms with E-state index in [-0.39, 0.29) is 53.2 Å². The molecule has 4 aromatic rings. The first-order chi connectivity index (χ1) is 23.4. The Morgan fingerprint density at radius 2 is 1.28 bits per heavy atom. The lowest BCUT2D eigenvalue weighted by atomic mass is 10.2. The van der Waals surface area contributed by atoms with Crippen molar-refractivity contribution in [3.8, 4) is 0 Å². The molecule has 0 aliphatic carbocycles. The fourth-order valence-electron chi connectivity index (χ4n) is 4.71. The number of H-pyrrole nitrogens is 1. The number of hydrogen-bond acceptors (Lipinski definition) is 12. The number of nitrogen functional groups attached to an aromatic ring is 2. The molecule has 0 saturated carbocycles. The van der Waals surface area contributed by atoms with Crippen LogP contribution < -0.4 is 28.1 Å². The highest BCUT2D eigenvalue weighted by atomic mass is 16.2. The largest absolute Gasteiger partial charge is 0.397 e. The summed E-state index contributed by atoms with van der Waals surface area (Å²) in [5.74, 6) is 1.94. The monoisotopic (exact) mass is 751 g/mol. The van der Waals surface area contributed by atoms with Gasteiger partial charge >= 0.3 is 0 Å². The van der Waals surface area contributed by atoms with Gasteiger partial charge in [0.15, 0.2) is 16.8 Å². The Morgan fingerprint density at radius 3 is 1.80 bits per heavy atom. The number of amidine groups is 1. The molecular formula is C38H66N14O2. The van der Waals surface area contributed by atoms with Crippen molar-refractivity contribution in [2.24, 2.45) is 10.7 Å². The number of aromatic amines is 1. The maximum Gasteiger partial charge on any atom is 0.280 e. The zero-order chi connectivity index (χ0) is 37.4. The first-order valence-electron chi connectivity index (χ1n) is 16.2. The third-order valence-electron chi connectivity index (χ3n) is 7.39. The number of aromatic nitrogens is 7. The third kappa shape index (κ3) is 12.3. The Morgan fingerprint density at radius 1 is 0.741 bits per heavy atom. The maximum atomic E-state index is 11.4. The number of carbonyl (C=O) groups excluding carboxylic acids is 1. The predicted octanol–water partition coefficient (Wildman–Crippen LogP) is 6.68. The standard InChI is InChI=1S/C9H12N4.C9H14N2O.C8H11N5O.C8H13N3.4CH4/c1-6(2)13-5-12-8-7(10)3-4-11-9(8)13;1-6(2)11-5-7(3)9(12)10-8(11)4;1-4(2)13-3-10-5-6(13)11-8(9)12-7(5)14;1-6(2)11-5-4-8(9)10-7(11)3;;;;/h3-6H,1-2H3,(H2,10,11);5-6H,4H2,1-3H3,(H,10,12);3-4H,1-2H3,(H3,9,11,12,14);4-6H,3H2,1-2H3,(H2,9,10);4*1H4. The summed E-state index contributed by atoms with van der Waals surface area (Å²) in [5.41, 5.74) is 20.3. The highest BCUT2D eigenvalue weighted by Crippen LogP contribution is 2.19. The predicted molar refractivity (Wildman–Crippen MR) is 227 cm³/mol. The van der Waals surface area contributed by atoms with E-state index in [0.717, 1.165) is 16.7 Å².